The van der Waals surface area contributed by atoms with Crippen LogP contribution < -0.4 is 0 Å². The standard InChI is InChI=1S/C12H19F2NO2/c13-12(14)9-4-5-10(12)8-15(7-9)6-2-1-3-11(16)17/h9-10H,1-8H2,(H,16,17). The van der Waals surface area contributed by atoms with E-state index in [1.807, 2.05) is 0 Å². The lowest BCUT2D eigenvalue weighted by Gasteiger charge is -2.37. The lowest BCUT2D eigenvalue weighted by Crippen LogP contribution is -2.48. The summed E-state index contributed by atoms with van der Waals surface area (Å²) in [6, 6.07) is 0. The number of alkyl halides is 2. The summed E-state index contributed by atoms with van der Waals surface area (Å²) in [6.07, 6.45) is 2.89. The average Bonchev–Trinajstić information content (AvgIpc) is 2.46. The first-order valence-corrected chi connectivity index (χ1v) is 6.32. The second-order valence-electron chi connectivity index (χ2n) is 5.26. The summed E-state index contributed by atoms with van der Waals surface area (Å²) in [5.74, 6) is -4.19. The molecule has 2 fully saturated rings. The number of nitrogens with zero attached hydrogens (tertiary/aromatic N) is 1. The van der Waals surface area contributed by atoms with E-state index in [2.05, 4.69) is 4.90 Å². The van der Waals surface area contributed by atoms with Crippen LogP contribution in [0.2, 0.25) is 0 Å². The maximum Gasteiger partial charge on any atom is 0.303 e. The topological polar surface area (TPSA) is 40.5 Å². The Morgan fingerprint density at radius 1 is 1.24 bits per heavy atom. The maximum atomic E-state index is 13.6. The Morgan fingerprint density at radius 3 is 2.35 bits per heavy atom. The highest BCUT2D eigenvalue weighted by Crippen LogP contribution is 2.48. The predicted molar refractivity (Wildman–Crippen MR) is 59.1 cm³/mol. The molecule has 1 heterocycles. The Labute approximate surface area is 99.8 Å². The zero-order valence-corrected chi connectivity index (χ0v) is 9.87. The quantitative estimate of drug-likeness (QED) is 0.757. The van der Waals surface area contributed by atoms with E-state index in [1.54, 1.807) is 0 Å². The van der Waals surface area contributed by atoms with Gasteiger partial charge in [0.15, 0.2) is 0 Å². The van der Waals surface area contributed by atoms with E-state index in [4.69, 9.17) is 5.11 Å². The van der Waals surface area contributed by atoms with Gasteiger partial charge in [-0.2, -0.15) is 0 Å². The third kappa shape index (κ3) is 2.76. The lowest BCUT2D eigenvalue weighted by molar-refractivity contribution is -0.137. The number of carboxylic acid groups (broad SMARTS) is 1. The minimum Gasteiger partial charge on any atom is -0.481 e. The third-order valence-electron chi connectivity index (χ3n) is 4.02. The molecule has 1 aliphatic heterocycles. The number of rotatable bonds is 5. The fourth-order valence-electron chi connectivity index (χ4n) is 3.04. The van der Waals surface area contributed by atoms with Gasteiger partial charge in [0, 0.05) is 31.3 Å². The molecule has 0 radical (unpaired) electrons. The van der Waals surface area contributed by atoms with Gasteiger partial charge in [-0.15, -0.1) is 0 Å². The SMILES string of the molecule is O=C(O)CCCCN1CC2CCC(C1)C2(F)F. The van der Waals surface area contributed by atoms with E-state index in [0.29, 0.717) is 32.4 Å². The van der Waals surface area contributed by atoms with Crippen molar-refractivity contribution in [1.82, 2.24) is 4.90 Å². The molecule has 0 aromatic rings. The molecular formula is C12H19F2NO2. The fourth-order valence-corrected chi connectivity index (χ4v) is 3.04. The molecule has 2 unspecified atom stereocenters. The monoisotopic (exact) mass is 247 g/mol. The van der Waals surface area contributed by atoms with E-state index in [9.17, 15) is 13.6 Å². The van der Waals surface area contributed by atoms with Crippen LogP contribution in [0.1, 0.15) is 32.1 Å². The van der Waals surface area contributed by atoms with Gasteiger partial charge in [-0.3, -0.25) is 4.79 Å². The highest BCUT2D eigenvalue weighted by molar-refractivity contribution is 5.66. The predicted octanol–water partition coefficient (Wildman–Crippen LogP) is 2.22. The first-order valence-electron chi connectivity index (χ1n) is 6.32. The number of carboxylic acids is 1. The molecule has 1 N–H and O–H groups in total. The van der Waals surface area contributed by atoms with Crippen LogP contribution >= 0.6 is 0 Å². The van der Waals surface area contributed by atoms with Crippen LogP contribution in [0.5, 0.6) is 0 Å². The van der Waals surface area contributed by atoms with Gasteiger partial charge in [-0.25, -0.2) is 8.78 Å². The number of aliphatic carboxylic acids is 1. The zero-order chi connectivity index (χ0) is 12.5. The van der Waals surface area contributed by atoms with Crippen molar-refractivity contribution in [3.63, 3.8) is 0 Å². The van der Waals surface area contributed by atoms with Gasteiger partial charge in [-0.1, -0.05) is 0 Å². The van der Waals surface area contributed by atoms with Gasteiger partial charge < -0.3 is 10.0 Å². The smallest absolute Gasteiger partial charge is 0.303 e. The van der Waals surface area contributed by atoms with Crippen LogP contribution in [0.25, 0.3) is 0 Å². The molecule has 1 aliphatic carbocycles. The molecular weight excluding hydrogens is 228 g/mol. The Balaban J connectivity index is 1.73. The molecule has 0 spiro atoms. The third-order valence-corrected chi connectivity index (χ3v) is 4.02. The molecule has 1 saturated heterocycles. The first kappa shape index (κ1) is 12.7. The second kappa shape index (κ2) is 4.88. The van der Waals surface area contributed by atoms with E-state index in [-0.39, 0.29) is 6.42 Å². The molecule has 5 heteroatoms. The zero-order valence-electron chi connectivity index (χ0n) is 9.87. The number of hydrogen-bond donors (Lipinski definition) is 1. The van der Waals surface area contributed by atoms with Gasteiger partial charge in [-0.05, 0) is 32.2 Å². The Hall–Kier alpha value is -0.710. The average molecular weight is 247 g/mol. The van der Waals surface area contributed by atoms with Crippen LogP contribution in [0.3, 0.4) is 0 Å². The van der Waals surface area contributed by atoms with Crippen molar-refractivity contribution in [3.05, 3.63) is 0 Å². The molecule has 3 nitrogen and oxygen atoms in total. The van der Waals surface area contributed by atoms with Gasteiger partial charge in [0.05, 0.1) is 0 Å². The normalized spacial score (nSPS) is 31.6. The summed E-state index contributed by atoms with van der Waals surface area (Å²) in [5, 5.41) is 8.50. The van der Waals surface area contributed by atoms with E-state index in [0.717, 1.165) is 13.0 Å². The highest BCUT2D eigenvalue weighted by atomic mass is 19.3. The molecule has 0 aromatic heterocycles. The minimum atomic E-state index is -2.46. The number of fused-ring (bicyclic) bond motifs is 2. The minimum absolute atomic E-state index is 0.177. The van der Waals surface area contributed by atoms with E-state index in [1.165, 1.54) is 0 Å². The maximum absolute atomic E-state index is 13.6. The van der Waals surface area contributed by atoms with Crippen molar-refractivity contribution in [2.45, 2.75) is 38.0 Å². The largest absolute Gasteiger partial charge is 0.481 e. The summed E-state index contributed by atoms with van der Waals surface area (Å²) in [5.41, 5.74) is 0. The first-order chi connectivity index (χ1) is 8.00. The van der Waals surface area contributed by atoms with E-state index < -0.39 is 23.7 Å². The molecule has 0 amide bonds. The van der Waals surface area contributed by atoms with Crippen LogP contribution in [-0.2, 0) is 4.79 Å². The van der Waals surface area contributed by atoms with Gasteiger partial charge in [0.2, 0.25) is 0 Å². The van der Waals surface area contributed by atoms with Crippen molar-refractivity contribution >= 4 is 5.97 Å². The second-order valence-corrected chi connectivity index (χ2v) is 5.26. The van der Waals surface area contributed by atoms with Crippen molar-refractivity contribution in [2.24, 2.45) is 11.8 Å². The summed E-state index contributed by atoms with van der Waals surface area (Å²) < 4.78 is 27.2. The number of piperidine rings is 1. The Bertz CT molecular complexity index is 280. The Morgan fingerprint density at radius 2 is 1.82 bits per heavy atom. The van der Waals surface area contributed by atoms with E-state index >= 15 is 0 Å². The fraction of sp³-hybridized carbons (Fsp3) is 0.917. The molecule has 2 rings (SSSR count). The van der Waals surface area contributed by atoms with Crippen LogP contribution in [0.4, 0.5) is 8.78 Å². The number of hydrogen-bond acceptors (Lipinski definition) is 2. The molecule has 2 aliphatic rings. The number of likely N-dealkylation sites (tertiary alicyclic amines) is 1. The van der Waals surface area contributed by atoms with Crippen molar-refractivity contribution < 1.29 is 18.7 Å². The van der Waals surface area contributed by atoms with Crippen molar-refractivity contribution in [1.29, 1.82) is 0 Å². The number of halogens is 2. The molecule has 98 valence electrons. The lowest BCUT2D eigenvalue weighted by atomic mass is 9.93. The van der Waals surface area contributed by atoms with Gasteiger partial charge in [0.1, 0.15) is 0 Å². The molecule has 2 bridgehead atoms. The summed E-state index contributed by atoms with van der Waals surface area (Å²) in [7, 11) is 0. The van der Waals surface area contributed by atoms with Gasteiger partial charge in [0.25, 0.3) is 5.92 Å². The van der Waals surface area contributed by atoms with Crippen molar-refractivity contribution in [3.8, 4) is 0 Å². The van der Waals surface area contributed by atoms with Crippen LogP contribution in [0, 0.1) is 11.8 Å². The molecule has 0 aromatic carbocycles. The molecule has 17 heavy (non-hydrogen) atoms. The molecule has 2 atom stereocenters. The summed E-state index contributed by atoms with van der Waals surface area (Å²) in [6.45, 7) is 1.73. The summed E-state index contributed by atoms with van der Waals surface area (Å²) >= 11 is 0. The van der Waals surface area contributed by atoms with Crippen molar-refractivity contribution in [2.75, 3.05) is 19.6 Å². The Kier molecular flexibility index (Phi) is 3.66. The number of carbonyl (C=O) groups is 1. The highest BCUT2D eigenvalue weighted by Gasteiger charge is 2.55. The summed E-state index contributed by atoms with van der Waals surface area (Å²) in [4.78, 5) is 12.4. The molecule has 1 saturated carbocycles. The van der Waals surface area contributed by atoms with Crippen LogP contribution in [-0.4, -0.2) is 41.5 Å². The van der Waals surface area contributed by atoms with Gasteiger partial charge >= 0.3 is 5.97 Å². The number of unbranched alkanes of at least 4 members (excludes halogenated alkanes) is 1. The van der Waals surface area contributed by atoms with Crippen LogP contribution in [0.15, 0.2) is 0 Å².